The lowest BCUT2D eigenvalue weighted by atomic mass is 9.92. The number of nitrogens with one attached hydrogen (secondary N) is 2. The molecule has 2 N–H and O–H groups in total. The number of carbonyl (C=O) groups is 1. The van der Waals surface area contributed by atoms with E-state index in [0.717, 1.165) is 12.8 Å². The van der Waals surface area contributed by atoms with Crippen molar-refractivity contribution in [2.45, 2.75) is 24.8 Å². The second-order valence-electron chi connectivity index (χ2n) is 5.98. The van der Waals surface area contributed by atoms with Crippen LogP contribution in [0.15, 0.2) is 24.3 Å². The molecule has 0 aromatic heterocycles. The molecule has 6 heteroatoms. The normalized spacial score (nSPS) is 26.4. The van der Waals surface area contributed by atoms with Gasteiger partial charge in [0.2, 0.25) is 0 Å². The average Bonchev–Trinajstić information content (AvgIpc) is 3.11. The molecular weight excluding hydrogens is 288 g/mol. The summed E-state index contributed by atoms with van der Waals surface area (Å²) in [5, 5.41) is 5.59. The van der Waals surface area contributed by atoms with E-state index in [2.05, 4.69) is 28.8 Å². The Labute approximate surface area is 125 Å². The van der Waals surface area contributed by atoms with Gasteiger partial charge in [-0.3, -0.25) is 0 Å². The lowest BCUT2D eigenvalue weighted by Crippen LogP contribution is -2.39. The predicted octanol–water partition coefficient (Wildman–Crippen LogP) is 1.06. The average molecular weight is 308 g/mol. The van der Waals surface area contributed by atoms with Gasteiger partial charge in [-0.15, -0.1) is 0 Å². The van der Waals surface area contributed by atoms with E-state index in [-0.39, 0.29) is 24.4 Å². The topological polar surface area (TPSA) is 75.3 Å². The van der Waals surface area contributed by atoms with E-state index in [4.69, 9.17) is 0 Å². The van der Waals surface area contributed by atoms with Gasteiger partial charge in [0.1, 0.15) is 9.84 Å². The SMILES string of the molecule is CS(=O)(=O)CCNC(=O)N[C@@H]1[C@H]2CCc3ccccc3[C@H]21. The molecule has 21 heavy (non-hydrogen) atoms. The Morgan fingerprint density at radius 1 is 1.33 bits per heavy atom. The molecule has 2 aliphatic carbocycles. The van der Waals surface area contributed by atoms with Gasteiger partial charge in [-0.2, -0.15) is 0 Å². The van der Waals surface area contributed by atoms with Crippen molar-refractivity contribution in [2.75, 3.05) is 18.6 Å². The smallest absolute Gasteiger partial charge is 0.315 e. The summed E-state index contributed by atoms with van der Waals surface area (Å²) in [5.74, 6) is 0.928. The highest BCUT2D eigenvalue weighted by Gasteiger charge is 2.53. The van der Waals surface area contributed by atoms with E-state index < -0.39 is 9.84 Å². The van der Waals surface area contributed by atoms with Crippen molar-refractivity contribution >= 4 is 15.9 Å². The summed E-state index contributed by atoms with van der Waals surface area (Å²) >= 11 is 0. The Kier molecular flexibility index (Phi) is 3.65. The van der Waals surface area contributed by atoms with Gasteiger partial charge in [-0.1, -0.05) is 24.3 Å². The standard InChI is InChI=1S/C15H20N2O3S/c1-21(19,20)9-8-16-15(18)17-14-12-7-6-10-4-2-3-5-11(10)13(12)14/h2-5,12-14H,6-9H2,1H3,(H2,16,17,18)/t12-,13+,14+/m0/s1. The Bertz CT molecular complexity index is 657. The number of carbonyl (C=O) groups excluding carboxylic acids is 1. The predicted molar refractivity (Wildman–Crippen MR) is 81.0 cm³/mol. The fourth-order valence-electron chi connectivity index (χ4n) is 3.32. The molecule has 0 radical (unpaired) electrons. The van der Waals surface area contributed by atoms with Gasteiger partial charge in [0.25, 0.3) is 0 Å². The van der Waals surface area contributed by atoms with Crippen molar-refractivity contribution in [2.24, 2.45) is 5.92 Å². The largest absolute Gasteiger partial charge is 0.337 e. The molecule has 2 aliphatic rings. The highest BCUT2D eigenvalue weighted by atomic mass is 32.2. The first-order valence-corrected chi connectivity index (χ1v) is 9.31. The lowest BCUT2D eigenvalue weighted by molar-refractivity contribution is 0.240. The number of urea groups is 1. The van der Waals surface area contributed by atoms with Crippen LogP contribution in [0.25, 0.3) is 0 Å². The summed E-state index contributed by atoms with van der Waals surface area (Å²) in [6.07, 6.45) is 3.35. The summed E-state index contributed by atoms with van der Waals surface area (Å²) in [6.45, 7) is 0.156. The zero-order valence-electron chi connectivity index (χ0n) is 12.0. The summed E-state index contributed by atoms with van der Waals surface area (Å²) in [6, 6.07) is 8.33. The number of rotatable bonds is 4. The molecule has 2 amide bonds. The van der Waals surface area contributed by atoms with Crippen molar-refractivity contribution in [1.82, 2.24) is 10.6 Å². The van der Waals surface area contributed by atoms with Crippen molar-refractivity contribution in [1.29, 1.82) is 0 Å². The fraction of sp³-hybridized carbons (Fsp3) is 0.533. The maximum Gasteiger partial charge on any atom is 0.315 e. The molecule has 1 aromatic carbocycles. The quantitative estimate of drug-likeness (QED) is 0.873. The van der Waals surface area contributed by atoms with E-state index in [0.29, 0.717) is 11.8 Å². The molecule has 1 aromatic rings. The Morgan fingerprint density at radius 3 is 2.86 bits per heavy atom. The van der Waals surface area contributed by atoms with Gasteiger partial charge in [-0.25, -0.2) is 13.2 Å². The minimum absolute atomic E-state index is 0.0270. The van der Waals surface area contributed by atoms with E-state index in [9.17, 15) is 13.2 Å². The Hall–Kier alpha value is -1.56. The Morgan fingerprint density at radius 2 is 2.10 bits per heavy atom. The first kappa shape index (κ1) is 14.4. The van der Waals surface area contributed by atoms with Crippen molar-refractivity contribution in [3.8, 4) is 0 Å². The van der Waals surface area contributed by atoms with E-state index in [1.54, 1.807) is 0 Å². The summed E-state index contributed by atoms with van der Waals surface area (Å²) in [5.41, 5.74) is 2.75. The molecule has 114 valence electrons. The van der Waals surface area contributed by atoms with Gasteiger partial charge in [0.05, 0.1) is 5.75 Å². The Balaban J connectivity index is 1.53. The molecule has 1 saturated carbocycles. The van der Waals surface area contributed by atoms with E-state index in [1.807, 2.05) is 6.07 Å². The molecule has 5 nitrogen and oxygen atoms in total. The molecule has 0 saturated heterocycles. The van der Waals surface area contributed by atoms with Crippen LogP contribution in [-0.4, -0.2) is 39.0 Å². The van der Waals surface area contributed by atoms with Crippen LogP contribution in [0.1, 0.15) is 23.5 Å². The number of hydrogen-bond donors (Lipinski definition) is 2. The van der Waals surface area contributed by atoms with Crippen molar-refractivity contribution in [3.05, 3.63) is 35.4 Å². The second kappa shape index (κ2) is 5.33. The third-order valence-corrected chi connectivity index (χ3v) is 5.33. The van der Waals surface area contributed by atoms with Gasteiger partial charge >= 0.3 is 6.03 Å². The molecule has 3 rings (SSSR count). The maximum atomic E-state index is 11.8. The number of aryl methyl sites for hydroxylation is 1. The third kappa shape index (κ3) is 3.20. The first-order chi connectivity index (χ1) is 9.96. The zero-order chi connectivity index (χ0) is 15.0. The van der Waals surface area contributed by atoms with Crippen LogP contribution >= 0.6 is 0 Å². The molecule has 1 fully saturated rings. The first-order valence-electron chi connectivity index (χ1n) is 7.25. The van der Waals surface area contributed by atoms with Crippen LogP contribution in [0.3, 0.4) is 0 Å². The number of benzene rings is 1. The van der Waals surface area contributed by atoms with Gasteiger partial charge in [0, 0.05) is 24.8 Å². The highest BCUT2D eigenvalue weighted by molar-refractivity contribution is 7.90. The van der Waals surface area contributed by atoms with Crippen LogP contribution in [0, 0.1) is 5.92 Å². The molecule has 0 bridgehead atoms. The molecule has 0 spiro atoms. The minimum atomic E-state index is -3.04. The monoisotopic (exact) mass is 308 g/mol. The van der Waals surface area contributed by atoms with Gasteiger partial charge < -0.3 is 10.6 Å². The summed E-state index contributed by atoms with van der Waals surface area (Å²) in [4.78, 5) is 11.8. The fourth-order valence-corrected chi connectivity index (χ4v) is 3.79. The molecular formula is C15H20N2O3S. The van der Waals surface area contributed by atoms with Crippen LogP contribution in [0.2, 0.25) is 0 Å². The summed E-state index contributed by atoms with van der Waals surface area (Å²) < 4.78 is 22.0. The minimum Gasteiger partial charge on any atom is -0.337 e. The van der Waals surface area contributed by atoms with Crippen LogP contribution in [0.5, 0.6) is 0 Å². The zero-order valence-corrected chi connectivity index (χ0v) is 12.8. The van der Waals surface area contributed by atoms with Gasteiger partial charge in [0.15, 0.2) is 0 Å². The molecule has 3 atom stereocenters. The van der Waals surface area contributed by atoms with Gasteiger partial charge in [-0.05, 0) is 29.9 Å². The van der Waals surface area contributed by atoms with E-state index in [1.165, 1.54) is 17.4 Å². The maximum absolute atomic E-state index is 11.8. The van der Waals surface area contributed by atoms with Crippen LogP contribution in [0.4, 0.5) is 4.79 Å². The number of amides is 2. The molecule has 0 heterocycles. The number of sulfone groups is 1. The van der Waals surface area contributed by atoms with Crippen molar-refractivity contribution in [3.63, 3.8) is 0 Å². The lowest BCUT2D eigenvalue weighted by Gasteiger charge is -2.13. The third-order valence-electron chi connectivity index (χ3n) is 4.39. The van der Waals surface area contributed by atoms with Crippen LogP contribution < -0.4 is 10.6 Å². The summed E-state index contributed by atoms with van der Waals surface area (Å²) in [7, 11) is -3.04. The molecule has 0 aliphatic heterocycles. The second-order valence-corrected chi connectivity index (χ2v) is 8.24. The highest BCUT2D eigenvalue weighted by Crippen LogP contribution is 2.54. The van der Waals surface area contributed by atoms with Crippen LogP contribution in [-0.2, 0) is 16.3 Å². The molecule has 0 unspecified atom stereocenters. The number of fused-ring (bicyclic) bond motifs is 3. The number of hydrogen-bond acceptors (Lipinski definition) is 3. The van der Waals surface area contributed by atoms with E-state index >= 15 is 0 Å². The van der Waals surface area contributed by atoms with Crippen molar-refractivity contribution < 1.29 is 13.2 Å².